The number of anilines is 1. The fourth-order valence-electron chi connectivity index (χ4n) is 5.08. The number of alkyl halides is 3. The minimum atomic E-state index is -4.82. The number of carbonyl (C=O) groups is 3. The SMILES string of the molecule is Cc1cccc(C(=O)N2C[C@@H]3C[C@H]2[C@@H]2C(=O)N(c4ccc(C#N)c(C(F)(F)F)c4)C(=O)N32)c1. The van der Waals surface area contributed by atoms with E-state index in [9.17, 15) is 27.6 Å². The summed E-state index contributed by atoms with van der Waals surface area (Å²) >= 11 is 0. The van der Waals surface area contributed by atoms with Crippen molar-refractivity contribution in [1.82, 2.24) is 9.80 Å². The van der Waals surface area contributed by atoms with E-state index in [0.717, 1.165) is 22.6 Å². The van der Waals surface area contributed by atoms with Crippen LogP contribution >= 0.6 is 0 Å². The third-order valence-corrected chi connectivity index (χ3v) is 6.48. The molecule has 168 valence electrons. The highest BCUT2D eigenvalue weighted by atomic mass is 19.4. The molecule has 3 aliphatic heterocycles. The molecule has 3 saturated heterocycles. The maximum Gasteiger partial charge on any atom is 0.417 e. The summed E-state index contributed by atoms with van der Waals surface area (Å²) in [4.78, 5) is 43.1. The predicted molar refractivity (Wildman–Crippen MR) is 109 cm³/mol. The van der Waals surface area contributed by atoms with Crippen molar-refractivity contribution in [2.24, 2.45) is 0 Å². The predicted octanol–water partition coefficient (Wildman–Crippen LogP) is 3.32. The molecule has 0 saturated carbocycles. The van der Waals surface area contributed by atoms with Gasteiger partial charge in [-0.05, 0) is 43.7 Å². The number of hydrogen-bond donors (Lipinski definition) is 0. The number of aryl methyl sites for hydroxylation is 1. The lowest BCUT2D eigenvalue weighted by Crippen LogP contribution is -2.54. The summed E-state index contributed by atoms with van der Waals surface area (Å²) in [5.74, 6) is -0.922. The first-order chi connectivity index (χ1) is 15.6. The molecule has 3 heterocycles. The van der Waals surface area contributed by atoms with Crippen molar-refractivity contribution in [3.05, 3.63) is 64.7 Å². The lowest BCUT2D eigenvalue weighted by molar-refractivity contribution is -0.137. The summed E-state index contributed by atoms with van der Waals surface area (Å²) in [5, 5.41) is 9.00. The van der Waals surface area contributed by atoms with Gasteiger partial charge in [-0.1, -0.05) is 17.7 Å². The van der Waals surface area contributed by atoms with Crippen LogP contribution in [0.5, 0.6) is 0 Å². The first-order valence-electron chi connectivity index (χ1n) is 10.3. The number of likely N-dealkylation sites (tertiary alicyclic amines) is 1. The summed E-state index contributed by atoms with van der Waals surface area (Å²) in [7, 11) is 0. The van der Waals surface area contributed by atoms with Gasteiger partial charge in [0.15, 0.2) is 0 Å². The number of urea groups is 1. The lowest BCUT2D eigenvalue weighted by Gasteiger charge is -2.35. The van der Waals surface area contributed by atoms with Crippen molar-refractivity contribution in [3.63, 3.8) is 0 Å². The van der Waals surface area contributed by atoms with Crippen LogP contribution in [0.25, 0.3) is 0 Å². The highest BCUT2D eigenvalue weighted by Crippen LogP contribution is 2.43. The fourth-order valence-corrected chi connectivity index (χ4v) is 5.08. The van der Waals surface area contributed by atoms with Crippen molar-refractivity contribution in [3.8, 4) is 6.07 Å². The average molecular weight is 454 g/mol. The van der Waals surface area contributed by atoms with Gasteiger partial charge in [-0.2, -0.15) is 18.4 Å². The number of piperazine rings is 1. The Bertz CT molecular complexity index is 1250. The quantitative estimate of drug-likeness (QED) is 0.652. The monoisotopic (exact) mass is 454 g/mol. The highest BCUT2D eigenvalue weighted by Gasteiger charge is 2.63. The van der Waals surface area contributed by atoms with Crippen molar-refractivity contribution < 1.29 is 27.6 Å². The van der Waals surface area contributed by atoms with Gasteiger partial charge in [0, 0.05) is 12.1 Å². The Morgan fingerprint density at radius 2 is 1.91 bits per heavy atom. The molecule has 2 aromatic carbocycles. The molecule has 0 N–H and O–H groups in total. The molecule has 5 rings (SSSR count). The van der Waals surface area contributed by atoms with Gasteiger partial charge in [0.05, 0.1) is 35.0 Å². The number of amides is 4. The first kappa shape index (κ1) is 21.0. The van der Waals surface area contributed by atoms with Crippen LogP contribution in [0.2, 0.25) is 0 Å². The average Bonchev–Trinajstić information content (AvgIpc) is 3.43. The molecular weight excluding hydrogens is 437 g/mol. The van der Waals surface area contributed by atoms with Gasteiger partial charge in [-0.25, -0.2) is 9.69 Å². The molecule has 3 fully saturated rings. The van der Waals surface area contributed by atoms with Crippen LogP contribution in [-0.4, -0.2) is 52.3 Å². The van der Waals surface area contributed by atoms with Gasteiger partial charge in [0.2, 0.25) is 0 Å². The summed E-state index contributed by atoms with van der Waals surface area (Å²) < 4.78 is 40.2. The standard InChI is InChI=1S/C23H17F3N4O3/c1-12-3-2-4-13(7-12)20(31)28-11-16-9-18(28)19-21(32)30(22(33)29(16)19)15-6-5-14(10-27)17(8-15)23(24,25)26/h2-8,16,18-19H,9,11H2,1H3/t16-,18-,19+/m0/s1. The lowest BCUT2D eigenvalue weighted by atomic mass is 10.0. The Labute approximate surface area is 186 Å². The number of imide groups is 1. The van der Waals surface area contributed by atoms with E-state index in [2.05, 4.69) is 0 Å². The van der Waals surface area contributed by atoms with Crippen LogP contribution in [0.4, 0.5) is 23.7 Å². The number of nitriles is 1. The van der Waals surface area contributed by atoms with Gasteiger partial charge in [-0.3, -0.25) is 9.59 Å². The number of carbonyl (C=O) groups excluding carboxylic acids is 3. The van der Waals surface area contributed by atoms with Crippen molar-refractivity contribution in [2.45, 2.75) is 37.6 Å². The molecule has 4 amide bonds. The molecule has 0 aromatic heterocycles. The third-order valence-electron chi connectivity index (χ3n) is 6.48. The molecule has 0 aliphatic carbocycles. The molecule has 2 aromatic rings. The van der Waals surface area contributed by atoms with Crippen molar-refractivity contribution >= 4 is 23.5 Å². The second kappa shape index (κ2) is 7.07. The molecular formula is C23H17F3N4O3. The summed E-state index contributed by atoms with van der Waals surface area (Å²) in [5.41, 5.74) is -0.673. The number of halogens is 3. The number of benzene rings is 2. The van der Waals surface area contributed by atoms with Crippen LogP contribution in [0, 0.1) is 18.3 Å². The molecule has 7 nitrogen and oxygen atoms in total. The van der Waals surface area contributed by atoms with Crippen molar-refractivity contribution in [1.29, 1.82) is 5.26 Å². The molecule has 3 aliphatic rings. The minimum absolute atomic E-state index is 0.248. The van der Waals surface area contributed by atoms with Gasteiger partial charge in [0.1, 0.15) is 6.04 Å². The van der Waals surface area contributed by atoms with E-state index >= 15 is 0 Å². The molecule has 0 spiro atoms. The van der Waals surface area contributed by atoms with E-state index in [-0.39, 0.29) is 18.1 Å². The molecule has 10 heteroatoms. The molecule has 0 radical (unpaired) electrons. The Hall–Kier alpha value is -3.87. The number of fused-ring (bicyclic) bond motifs is 5. The fraction of sp³-hybridized carbons (Fsp3) is 0.304. The summed E-state index contributed by atoms with van der Waals surface area (Å²) in [6.45, 7) is 2.11. The zero-order valence-electron chi connectivity index (χ0n) is 17.3. The van der Waals surface area contributed by atoms with Gasteiger partial charge < -0.3 is 9.80 Å². The van der Waals surface area contributed by atoms with Gasteiger partial charge in [0.25, 0.3) is 11.8 Å². The van der Waals surface area contributed by atoms with Crippen LogP contribution in [0.3, 0.4) is 0 Å². The molecule has 0 unspecified atom stereocenters. The van der Waals surface area contributed by atoms with Crippen LogP contribution in [0.1, 0.15) is 33.5 Å². The van der Waals surface area contributed by atoms with E-state index in [1.807, 2.05) is 13.0 Å². The molecule has 33 heavy (non-hydrogen) atoms. The first-order valence-corrected chi connectivity index (χ1v) is 10.3. The van der Waals surface area contributed by atoms with Crippen LogP contribution < -0.4 is 4.90 Å². The largest absolute Gasteiger partial charge is 0.417 e. The highest BCUT2D eigenvalue weighted by molar-refractivity contribution is 6.22. The third kappa shape index (κ3) is 3.07. The summed E-state index contributed by atoms with van der Waals surface area (Å²) in [6.07, 6.45) is -4.38. The molecule has 3 atom stereocenters. The van der Waals surface area contributed by atoms with Gasteiger partial charge >= 0.3 is 12.2 Å². The second-order valence-corrected chi connectivity index (χ2v) is 8.43. The van der Waals surface area contributed by atoms with Crippen LogP contribution in [-0.2, 0) is 11.0 Å². The number of hydrogen-bond acceptors (Lipinski definition) is 4. The smallest absolute Gasteiger partial charge is 0.331 e. The normalized spacial score (nSPS) is 23.8. The maximum atomic E-state index is 13.4. The van der Waals surface area contributed by atoms with E-state index in [1.165, 1.54) is 11.0 Å². The Kier molecular flexibility index (Phi) is 4.50. The minimum Gasteiger partial charge on any atom is -0.331 e. The Morgan fingerprint density at radius 3 is 2.58 bits per heavy atom. The van der Waals surface area contributed by atoms with Crippen LogP contribution in [0.15, 0.2) is 42.5 Å². The Balaban J connectivity index is 1.47. The second-order valence-electron chi connectivity index (χ2n) is 8.43. The zero-order valence-corrected chi connectivity index (χ0v) is 17.3. The topological polar surface area (TPSA) is 84.7 Å². The number of rotatable bonds is 2. The molecule has 2 bridgehead atoms. The van der Waals surface area contributed by atoms with E-state index in [1.54, 1.807) is 23.1 Å². The van der Waals surface area contributed by atoms with Gasteiger partial charge in [-0.15, -0.1) is 0 Å². The van der Waals surface area contributed by atoms with E-state index in [4.69, 9.17) is 5.26 Å². The zero-order chi connectivity index (χ0) is 23.7. The van der Waals surface area contributed by atoms with Crippen molar-refractivity contribution in [2.75, 3.05) is 11.4 Å². The summed E-state index contributed by atoms with van der Waals surface area (Å²) in [6, 6.07) is 8.68. The van der Waals surface area contributed by atoms with E-state index < -0.39 is 47.4 Å². The van der Waals surface area contributed by atoms with E-state index in [0.29, 0.717) is 18.1 Å². The Morgan fingerprint density at radius 1 is 1.15 bits per heavy atom. The number of nitrogens with zero attached hydrogens (tertiary/aromatic N) is 4. The maximum absolute atomic E-state index is 13.4.